The minimum absolute atomic E-state index is 0.163. The van der Waals surface area contributed by atoms with Gasteiger partial charge < -0.3 is 4.74 Å². The fourth-order valence-electron chi connectivity index (χ4n) is 3.13. The lowest BCUT2D eigenvalue weighted by Crippen LogP contribution is -2.90. The summed E-state index contributed by atoms with van der Waals surface area (Å²) >= 11 is 0. The van der Waals surface area contributed by atoms with E-state index in [4.69, 9.17) is 10.5 Å². The average molecular weight is 254 g/mol. The van der Waals surface area contributed by atoms with Gasteiger partial charge in [0.2, 0.25) is 0 Å². The number of hydrogen-bond donors (Lipinski definition) is 3. The first-order valence-electron chi connectivity index (χ1n) is 7.55. The normalized spacial score (nSPS) is 31.4. The minimum atomic E-state index is -0.163. The highest BCUT2D eigenvalue weighted by molar-refractivity contribution is 5.72. The van der Waals surface area contributed by atoms with Crippen LogP contribution in [0.2, 0.25) is 0 Å². The van der Waals surface area contributed by atoms with E-state index in [0.29, 0.717) is 12.0 Å². The molecule has 18 heavy (non-hydrogen) atoms. The van der Waals surface area contributed by atoms with Crippen LogP contribution in [0.5, 0.6) is 0 Å². The largest absolute Gasteiger partial charge is 0.343 e. The van der Waals surface area contributed by atoms with Gasteiger partial charge in [0.1, 0.15) is 0 Å². The molecule has 2 atom stereocenters. The van der Waals surface area contributed by atoms with E-state index in [1.54, 1.807) is 0 Å². The van der Waals surface area contributed by atoms with Crippen LogP contribution in [0.1, 0.15) is 64.7 Å². The molecule has 0 amide bonds. The Morgan fingerprint density at radius 3 is 2.94 bits per heavy atom. The molecule has 0 aromatic heterocycles. The van der Waals surface area contributed by atoms with E-state index in [1.807, 2.05) is 0 Å². The molecule has 1 fully saturated rings. The Bertz CT molecular complexity index is 285. The van der Waals surface area contributed by atoms with E-state index < -0.39 is 0 Å². The van der Waals surface area contributed by atoms with Crippen molar-refractivity contribution in [2.75, 3.05) is 6.61 Å². The molecule has 1 saturated heterocycles. The summed E-state index contributed by atoms with van der Waals surface area (Å²) in [5.74, 6) is 0.696. The maximum atomic E-state index is 5.95. The van der Waals surface area contributed by atoms with E-state index in [1.165, 1.54) is 38.5 Å². The molecule has 2 aliphatic heterocycles. The minimum Gasteiger partial charge on any atom is -0.343 e. The number of hydrogen-bond acceptors (Lipinski definition) is 3. The molecule has 2 aliphatic rings. The molecule has 4 N–H and O–H groups in total. The zero-order chi connectivity index (χ0) is 12.8. The lowest BCUT2D eigenvalue weighted by atomic mass is 9.95. The van der Waals surface area contributed by atoms with Crippen molar-refractivity contribution in [3.05, 3.63) is 0 Å². The Kier molecular flexibility index (Phi) is 4.87. The molecule has 4 heteroatoms. The van der Waals surface area contributed by atoms with Crippen LogP contribution < -0.4 is 16.0 Å². The summed E-state index contributed by atoms with van der Waals surface area (Å²) < 4.78 is 5.87. The number of nitrogens with one attached hydrogen (secondary N) is 2. The highest BCUT2D eigenvalue weighted by atomic mass is 16.5. The summed E-state index contributed by atoms with van der Waals surface area (Å²) in [5.41, 5.74) is 5.78. The topological polar surface area (TPSA) is 61.2 Å². The van der Waals surface area contributed by atoms with Crippen molar-refractivity contribution in [2.45, 2.75) is 76.5 Å². The number of unbranched alkanes of at least 4 members (excludes halogenated alkanes) is 4. The standard InChI is InChI=1S/C14H27N3O/c1-2-3-4-5-6-8-12-11-14(9-7-10-18-14)17-13(15)16-12/h12H,2-11H2,1H3,(H3,15,16,17)/p+1/t12-,14-/m1/s1. The average Bonchev–Trinajstić information content (AvgIpc) is 2.75. The maximum absolute atomic E-state index is 5.95. The van der Waals surface area contributed by atoms with Gasteiger partial charge in [-0.15, -0.1) is 0 Å². The van der Waals surface area contributed by atoms with Crippen LogP contribution in [0, 0.1) is 0 Å². The van der Waals surface area contributed by atoms with Crippen molar-refractivity contribution in [1.29, 1.82) is 0 Å². The van der Waals surface area contributed by atoms with Crippen LogP contribution in [0.25, 0.3) is 0 Å². The van der Waals surface area contributed by atoms with Crippen molar-refractivity contribution in [3.63, 3.8) is 0 Å². The van der Waals surface area contributed by atoms with Crippen LogP contribution in [0.3, 0.4) is 0 Å². The molecular weight excluding hydrogens is 226 g/mol. The van der Waals surface area contributed by atoms with Crippen molar-refractivity contribution >= 4 is 5.96 Å². The van der Waals surface area contributed by atoms with Crippen molar-refractivity contribution in [3.8, 4) is 0 Å². The van der Waals surface area contributed by atoms with Crippen LogP contribution in [0.4, 0.5) is 0 Å². The van der Waals surface area contributed by atoms with E-state index in [0.717, 1.165) is 25.9 Å². The molecule has 2 rings (SSSR count). The summed E-state index contributed by atoms with van der Waals surface area (Å²) in [5, 5.41) is 3.29. The first kappa shape index (κ1) is 13.7. The molecule has 0 radical (unpaired) electrons. The molecule has 104 valence electrons. The fourth-order valence-corrected chi connectivity index (χ4v) is 3.13. The smallest absolute Gasteiger partial charge is 0.343 e. The molecule has 2 heterocycles. The summed E-state index contributed by atoms with van der Waals surface area (Å²) in [6.07, 6.45) is 11.1. The van der Waals surface area contributed by atoms with Gasteiger partial charge >= 0.3 is 5.96 Å². The van der Waals surface area contributed by atoms with Crippen molar-refractivity contribution in [2.24, 2.45) is 5.73 Å². The van der Waals surface area contributed by atoms with Gasteiger partial charge in [-0.05, 0) is 12.8 Å². The molecule has 0 aromatic carbocycles. The summed E-state index contributed by atoms with van der Waals surface area (Å²) in [6, 6.07) is 0.478. The van der Waals surface area contributed by atoms with Gasteiger partial charge in [0.15, 0.2) is 5.72 Å². The molecule has 0 unspecified atom stereocenters. The SMILES string of the molecule is CCCCCCC[C@@H]1C[C@]2(CCCO2)NC(N)=[NH+]1. The molecule has 1 spiro atoms. The van der Waals surface area contributed by atoms with Crippen molar-refractivity contribution < 1.29 is 9.73 Å². The van der Waals surface area contributed by atoms with Crippen LogP contribution in [0.15, 0.2) is 0 Å². The number of guanidine groups is 1. The number of ether oxygens (including phenoxy) is 1. The first-order valence-corrected chi connectivity index (χ1v) is 7.55. The molecule has 0 aromatic rings. The van der Waals surface area contributed by atoms with E-state index >= 15 is 0 Å². The Balaban J connectivity index is 1.76. The lowest BCUT2D eigenvalue weighted by molar-refractivity contribution is -0.521. The Morgan fingerprint density at radius 2 is 2.22 bits per heavy atom. The molecular formula is C14H28N3O+. The fraction of sp³-hybridized carbons (Fsp3) is 0.929. The van der Waals surface area contributed by atoms with Gasteiger partial charge in [0, 0.05) is 12.8 Å². The molecule has 4 nitrogen and oxygen atoms in total. The summed E-state index contributed by atoms with van der Waals surface area (Å²) in [7, 11) is 0. The predicted molar refractivity (Wildman–Crippen MR) is 73.0 cm³/mol. The van der Waals surface area contributed by atoms with Gasteiger partial charge in [0.05, 0.1) is 12.6 Å². The Labute approximate surface area is 110 Å². The van der Waals surface area contributed by atoms with E-state index in [-0.39, 0.29) is 5.72 Å². The second kappa shape index (κ2) is 6.41. The third-order valence-electron chi connectivity index (χ3n) is 4.06. The second-order valence-electron chi connectivity index (χ2n) is 5.73. The third kappa shape index (κ3) is 3.61. The van der Waals surface area contributed by atoms with Gasteiger partial charge in [-0.2, -0.15) is 0 Å². The highest BCUT2D eigenvalue weighted by Gasteiger charge is 2.44. The van der Waals surface area contributed by atoms with Crippen molar-refractivity contribution in [1.82, 2.24) is 5.32 Å². The lowest BCUT2D eigenvalue weighted by Gasteiger charge is -2.32. The first-order chi connectivity index (χ1) is 8.74. The zero-order valence-corrected chi connectivity index (χ0v) is 11.6. The number of rotatable bonds is 6. The third-order valence-corrected chi connectivity index (χ3v) is 4.06. The number of nitrogens with two attached hydrogens (primary N) is 1. The van der Waals surface area contributed by atoms with E-state index in [9.17, 15) is 0 Å². The summed E-state index contributed by atoms with van der Waals surface area (Å²) in [4.78, 5) is 3.36. The van der Waals surface area contributed by atoms with Crippen LogP contribution in [-0.4, -0.2) is 24.3 Å². The van der Waals surface area contributed by atoms with Gasteiger partial charge in [-0.25, -0.2) is 5.32 Å². The Morgan fingerprint density at radius 1 is 1.39 bits per heavy atom. The molecule has 0 bridgehead atoms. The monoisotopic (exact) mass is 254 g/mol. The molecule has 0 saturated carbocycles. The van der Waals surface area contributed by atoms with Crippen LogP contribution in [-0.2, 0) is 4.74 Å². The summed E-state index contributed by atoms with van der Waals surface area (Å²) in [6.45, 7) is 3.12. The zero-order valence-electron chi connectivity index (χ0n) is 11.6. The van der Waals surface area contributed by atoms with Gasteiger partial charge in [0.25, 0.3) is 0 Å². The maximum Gasteiger partial charge on any atom is 0.343 e. The quantitative estimate of drug-likeness (QED) is 0.609. The second-order valence-corrected chi connectivity index (χ2v) is 5.73. The van der Waals surface area contributed by atoms with E-state index in [2.05, 4.69) is 17.2 Å². The van der Waals surface area contributed by atoms with Gasteiger partial charge in [-0.1, -0.05) is 39.0 Å². The molecule has 0 aliphatic carbocycles. The highest BCUT2D eigenvalue weighted by Crippen LogP contribution is 2.28. The predicted octanol–water partition coefficient (Wildman–Crippen LogP) is 0.611. The van der Waals surface area contributed by atoms with Crippen LogP contribution >= 0.6 is 0 Å². The Hall–Kier alpha value is -0.770. The van der Waals surface area contributed by atoms with Gasteiger partial charge in [-0.3, -0.25) is 10.7 Å².